The summed E-state index contributed by atoms with van der Waals surface area (Å²) in [7, 11) is 0. The molecule has 0 spiro atoms. The monoisotopic (exact) mass is 277 g/mol. The second-order valence-electron chi connectivity index (χ2n) is 2.31. The van der Waals surface area contributed by atoms with Crippen molar-refractivity contribution in [3.05, 3.63) is 40.7 Å². The van der Waals surface area contributed by atoms with Crippen LogP contribution < -0.4 is 0 Å². The first-order chi connectivity index (χ1) is 6.06. The van der Waals surface area contributed by atoms with Crippen molar-refractivity contribution >= 4 is 49.7 Å². The van der Waals surface area contributed by atoms with E-state index in [2.05, 4.69) is 34.1 Å². The molecule has 1 aromatic rings. The third-order valence-corrected chi connectivity index (χ3v) is 2.39. The summed E-state index contributed by atoms with van der Waals surface area (Å²) >= 11 is 14.8. The first-order valence-electron chi connectivity index (χ1n) is 3.39. The van der Waals surface area contributed by atoms with Gasteiger partial charge in [-0.25, -0.2) is 4.98 Å². The number of halogens is 3. The third kappa shape index (κ3) is 2.33. The Hall–Kier alpha value is -0.310. The highest BCUT2D eigenvalue weighted by atomic mass is 79.9. The van der Waals surface area contributed by atoms with Gasteiger partial charge in [0.2, 0.25) is 0 Å². The van der Waals surface area contributed by atoms with Gasteiger partial charge in [-0.05, 0) is 6.07 Å². The second kappa shape index (κ2) is 4.27. The van der Waals surface area contributed by atoms with Crippen molar-refractivity contribution in [1.29, 1.82) is 0 Å². The molecule has 0 aliphatic carbocycles. The Morgan fingerprint density at radius 2 is 2.15 bits per heavy atom. The summed E-state index contributed by atoms with van der Waals surface area (Å²) in [6.45, 7) is 7.38. The predicted molar refractivity (Wildman–Crippen MR) is 62.3 cm³/mol. The Balaban J connectivity index is 3.46. The number of hydrogen-bond acceptors (Lipinski definition) is 1. The van der Waals surface area contributed by atoms with Gasteiger partial charge in [-0.2, -0.15) is 0 Å². The standard InChI is InChI=1S/C9H6BrCl2N/c1-3-6-7(5(2)10)4-8(11)13-9(6)12/h3-4H,1-2H2. The van der Waals surface area contributed by atoms with Gasteiger partial charge in [0.15, 0.2) is 0 Å². The maximum absolute atomic E-state index is 5.85. The summed E-state index contributed by atoms with van der Waals surface area (Å²) < 4.78 is 0.702. The number of nitrogens with zero attached hydrogens (tertiary/aromatic N) is 1. The number of aromatic nitrogens is 1. The van der Waals surface area contributed by atoms with Crippen molar-refractivity contribution in [2.24, 2.45) is 0 Å². The highest BCUT2D eigenvalue weighted by Gasteiger charge is 2.08. The Bertz CT molecular complexity index is 374. The van der Waals surface area contributed by atoms with Gasteiger partial charge < -0.3 is 0 Å². The first-order valence-corrected chi connectivity index (χ1v) is 4.94. The quantitative estimate of drug-likeness (QED) is 0.731. The molecule has 0 aliphatic heterocycles. The van der Waals surface area contributed by atoms with Crippen LogP contribution in [0.15, 0.2) is 19.2 Å². The highest BCUT2D eigenvalue weighted by Crippen LogP contribution is 2.30. The molecule has 68 valence electrons. The van der Waals surface area contributed by atoms with E-state index in [0.717, 1.165) is 11.1 Å². The van der Waals surface area contributed by atoms with Crippen molar-refractivity contribution in [1.82, 2.24) is 4.98 Å². The van der Waals surface area contributed by atoms with Gasteiger partial charge in [-0.3, -0.25) is 0 Å². The molecule has 0 aliphatic rings. The van der Waals surface area contributed by atoms with Crippen LogP contribution in [0.3, 0.4) is 0 Å². The zero-order chi connectivity index (χ0) is 10.0. The Kier molecular flexibility index (Phi) is 3.54. The van der Waals surface area contributed by atoms with Crippen molar-refractivity contribution in [3.8, 4) is 0 Å². The van der Waals surface area contributed by atoms with E-state index in [1.54, 1.807) is 12.1 Å². The average Bonchev–Trinajstić information content (AvgIpc) is 2.02. The van der Waals surface area contributed by atoms with Crippen LogP contribution in [0.4, 0.5) is 0 Å². The van der Waals surface area contributed by atoms with Crippen LogP contribution in [-0.2, 0) is 0 Å². The van der Waals surface area contributed by atoms with Gasteiger partial charge >= 0.3 is 0 Å². The van der Waals surface area contributed by atoms with E-state index in [-0.39, 0.29) is 0 Å². The molecule has 1 rings (SSSR count). The van der Waals surface area contributed by atoms with Crippen LogP contribution in [0.5, 0.6) is 0 Å². The first kappa shape index (κ1) is 10.8. The number of rotatable bonds is 2. The molecule has 0 fully saturated rings. The number of pyridine rings is 1. The molecule has 0 saturated heterocycles. The van der Waals surface area contributed by atoms with Crippen molar-refractivity contribution < 1.29 is 0 Å². The molecule has 1 nitrogen and oxygen atoms in total. The minimum absolute atomic E-state index is 0.332. The fraction of sp³-hybridized carbons (Fsp3) is 0. The SMILES string of the molecule is C=Cc1c(C(=C)Br)cc(Cl)nc1Cl. The van der Waals surface area contributed by atoms with E-state index in [4.69, 9.17) is 23.2 Å². The van der Waals surface area contributed by atoms with Crippen LogP contribution >= 0.6 is 39.1 Å². The molecular weight excluding hydrogens is 273 g/mol. The maximum atomic E-state index is 5.85. The minimum Gasteiger partial charge on any atom is -0.224 e. The van der Waals surface area contributed by atoms with Gasteiger partial charge in [-0.15, -0.1) is 0 Å². The lowest BCUT2D eigenvalue weighted by Crippen LogP contribution is -1.89. The van der Waals surface area contributed by atoms with Crippen LogP contribution in [0.25, 0.3) is 10.6 Å². The van der Waals surface area contributed by atoms with Gasteiger partial charge in [0.25, 0.3) is 0 Å². The molecule has 0 atom stereocenters. The van der Waals surface area contributed by atoms with Gasteiger partial charge in [0.1, 0.15) is 10.3 Å². The molecule has 0 radical (unpaired) electrons. The summed E-state index contributed by atoms with van der Waals surface area (Å²) in [5.74, 6) is 0. The van der Waals surface area contributed by atoms with Crippen LogP contribution in [0.1, 0.15) is 11.1 Å². The molecule has 0 amide bonds. The fourth-order valence-electron chi connectivity index (χ4n) is 0.913. The second-order valence-corrected chi connectivity index (χ2v) is 4.01. The predicted octanol–water partition coefficient (Wildman–Crippen LogP) is 4.40. The van der Waals surface area contributed by atoms with Crippen LogP contribution in [0, 0.1) is 0 Å². The van der Waals surface area contributed by atoms with Gasteiger partial charge in [0, 0.05) is 15.6 Å². The van der Waals surface area contributed by atoms with Crippen molar-refractivity contribution in [2.75, 3.05) is 0 Å². The molecule has 0 unspecified atom stereocenters. The van der Waals surface area contributed by atoms with Crippen molar-refractivity contribution in [3.63, 3.8) is 0 Å². The smallest absolute Gasteiger partial charge is 0.138 e. The molecule has 1 heterocycles. The van der Waals surface area contributed by atoms with Crippen LogP contribution in [0.2, 0.25) is 10.3 Å². The summed E-state index contributed by atoms with van der Waals surface area (Å²) in [5, 5.41) is 0.671. The van der Waals surface area contributed by atoms with E-state index < -0.39 is 0 Å². The molecule has 1 aromatic heterocycles. The Labute approximate surface area is 95.2 Å². The Morgan fingerprint density at radius 1 is 1.54 bits per heavy atom. The summed E-state index contributed by atoms with van der Waals surface area (Å²) in [6.07, 6.45) is 1.62. The normalized spacial score (nSPS) is 9.77. The molecule has 0 N–H and O–H groups in total. The van der Waals surface area contributed by atoms with Crippen LogP contribution in [-0.4, -0.2) is 4.98 Å². The lowest BCUT2D eigenvalue weighted by atomic mass is 10.1. The molecule has 0 aromatic carbocycles. The molecule has 0 saturated carbocycles. The summed E-state index contributed by atoms with van der Waals surface area (Å²) in [4.78, 5) is 3.89. The fourth-order valence-corrected chi connectivity index (χ4v) is 1.75. The average molecular weight is 279 g/mol. The van der Waals surface area contributed by atoms with Crippen molar-refractivity contribution in [2.45, 2.75) is 0 Å². The van der Waals surface area contributed by atoms with E-state index >= 15 is 0 Å². The highest BCUT2D eigenvalue weighted by molar-refractivity contribution is 9.15. The zero-order valence-corrected chi connectivity index (χ0v) is 9.75. The molecule has 0 bridgehead atoms. The van der Waals surface area contributed by atoms with E-state index in [1.807, 2.05) is 0 Å². The lowest BCUT2D eigenvalue weighted by Gasteiger charge is -2.05. The minimum atomic E-state index is 0.332. The topological polar surface area (TPSA) is 12.9 Å². The van der Waals surface area contributed by atoms with E-state index in [1.165, 1.54) is 0 Å². The maximum Gasteiger partial charge on any atom is 0.138 e. The summed E-state index contributed by atoms with van der Waals surface area (Å²) in [5.41, 5.74) is 1.54. The van der Waals surface area contributed by atoms with E-state index in [0.29, 0.717) is 14.8 Å². The third-order valence-electron chi connectivity index (χ3n) is 1.48. The molecule has 13 heavy (non-hydrogen) atoms. The lowest BCUT2D eigenvalue weighted by molar-refractivity contribution is 1.31. The van der Waals surface area contributed by atoms with Gasteiger partial charge in [0.05, 0.1) is 0 Å². The molecular formula is C9H6BrCl2N. The van der Waals surface area contributed by atoms with E-state index in [9.17, 15) is 0 Å². The van der Waals surface area contributed by atoms with Gasteiger partial charge in [-0.1, -0.05) is 58.4 Å². The molecule has 4 heteroatoms. The summed E-state index contributed by atoms with van der Waals surface area (Å²) in [6, 6.07) is 1.68. The zero-order valence-electron chi connectivity index (χ0n) is 6.65. The Morgan fingerprint density at radius 3 is 2.62 bits per heavy atom. The largest absolute Gasteiger partial charge is 0.224 e. The number of hydrogen-bond donors (Lipinski definition) is 0.